The largest absolute Gasteiger partial charge is 0.497 e. The molecule has 0 saturated carbocycles. The zero-order valence-electron chi connectivity index (χ0n) is 13.5. The lowest BCUT2D eigenvalue weighted by atomic mass is 9.87. The molecule has 5 nitrogen and oxygen atoms in total. The Labute approximate surface area is 139 Å². The van der Waals surface area contributed by atoms with E-state index in [1.165, 1.54) is 20.3 Å². The summed E-state index contributed by atoms with van der Waals surface area (Å²) in [7, 11) is 3.00. The van der Waals surface area contributed by atoms with Gasteiger partial charge in [-0.15, -0.1) is 0 Å². The van der Waals surface area contributed by atoms with Gasteiger partial charge in [-0.25, -0.2) is 4.39 Å². The van der Waals surface area contributed by atoms with Crippen LogP contribution in [0.4, 0.5) is 4.39 Å². The zero-order valence-corrected chi connectivity index (χ0v) is 13.5. The molecule has 0 aliphatic carbocycles. The summed E-state index contributed by atoms with van der Waals surface area (Å²) in [6.45, 7) is 0.428. The summed E-state index contributed by atoms with van der Waals surface area (Å²) in [6, 6.07) is 11.3. The van der Waals surface area contributed by atoms with Gasteiger partial charge in [-0.2, -0.15) is 0 Å². The van der Waals surface area contributed by atoms with Gasteiger partial charge in [0, 0.05) is 5.56 Å². The Morgan fingerprint density at radius 2 is 1.92 bits per heavy atom. The molecule has 1 fully saturated rings. The van der Waals surface area contributed by atoms with E-state index in [1.54, 1.807) is 36.4 Å². The molecule has 1 aliphatic heterocycles. The van der Waals surface area contributed by atoms with Gasteiger partial charge in [-0.3, -0.25) is 4.79 Å². The van der Waals surface area contributed by atoms with Gasteiger partial charge in [0.25, 0.3) is 5.91 Å². The van der Waals surface area contributed by atoms with Crippen LogP contribution >= 0.6 is 0 Å². The van der Waals surface area contributed by atoms with Crippen molar-refractivity contribution >= 4 is 5.91 Å². The molecule has 1 aliphatic rings. The number of methoxy groups -OCH3 is 2. The van der Waals surface area contributed by atoms with Crippen molar-refractivity contribution < 1.29 is 23.4 Å². The van der Waals surface area contributed by atoms with Crippen LogP contribution in [-0.2, 0) is 10.3 Å². The maximum absolute atomic E-state index is 14.2. The molecule has 0 aromatic heterocycles. The molecule has 126 valence electrons. The van der Waals surface area contributed by atoms with Gasteiger partial charge in [0.05, 0.1) is 33.0 Å². The summed E-state index contributed by atoms with van der Waals surface area (Å²) < 4.78 is 29.8. The van der Waals surface area contributed by atoms with Gasteiger partial charge in [0.15, 0.2) is 0 Å². The summed E-state index contributed by atoms with van der Waals surface area (Å²) >= 11 is 0. The van der Waals surface area contributed by atoms with Crippen molar-refractivity contribution in [3.05, 3.63) is 59.4 Å². The molecule has 0 spiro atoms. The van der Waals surface area contributed by atoms with Gasteiger partial charge in [-0.1, -0.05) is 18.2 Å². The van der Waals surface area contributed by atoms with Crippen molar-refractivity contribution in [2.75, 3.05) is 27.4 Å². The van der Waals surface area contributed by atoms with Crippen molar-refractivity contribution in [1.29, 1.82) is 0 Å². The van der Waals surface area contributed by atoms with E-state index in [0.29, 0.717) is 22.6 Å². The predicted molar refractivity (Wildman–Crippen MR) is 85.9 cm³/mol. The third kappa shape index (κ3) is 2.80. The second-order valence-electron chi connectivity index (χ2n) is 5.58. The van der Waals surface area contributed by atoms with E-state index in [2.05, 4.69) is 5.32 Å². The first-order valence-electron chi connectivity index (χ1n) is 7.47. The van der Waals surface area contributed by atoms with Crippen molar-refractivity contribution in [3.63, 3.8) is 0 Å². The SMILES string of the molecule is COc1ccc(OC)c(C(=O)NC2(c3ccccc3F)COC2)c1. The number of nitrogens with one attached hydrogen (secondary N) is 1. The maximum atomic E-state index is 14.2. The van der Waals surface area contributed by atoms with E-state index < -0.39 is 5.54 Å². The Hall–Kier alpha value is -2.60. The van der Waals surface area contributed by atoms with E-state index in [4.69, 9.17) is 14.2 Å². The van der Waals surface area contributed by atoms with E-state index in [0.717, 1.165) is 0 Å². The molecular formula is C18H18FNO4. The highest BCUT2D eigenvalue weighted by atomic mass is 19.1. The Morgan fingerprint density at radius 1 is 1.17 bits per heavy atom. The second kappa shape index (κ2) is 6.49. The smallest absolute Gasteiger partial charge is 0.256 e. The molecule has 0 atom stereocenters. The van der Waals surface area contributed by atoms with E-state index >= 15 is 0 Å². The van der Waals surface area contributed by atoms with Gasteiger partial charge in [0.2, 0.25) is 0 Å². The molecule has 0 radical (unpaired) electrons. The average Bonchev–Trinajstić information content (AvgIpc) is 2.58. The van der Waals surface area contributed by atoms with E-state index in [-0.39, 0.29) is 24.9 Å². The van der Waals surface area contributed by atoms with E-state index in [9.17, 15) is 9.18 Å². The van der Waals surface area contributed by atoms with Gasteiger partial charge < -0.3 is 19.5 Å². The van der Waals surface area contributed by atoms with Crippen LogP contribution in [0.3, 0.4) is 0 Å². The number of hydrogen-bond donors (Lipinski definition) is 1. The maximum Gasteiger partial charge on any atom is 0.256 e. The number of carbonyl (C=O) groups excluding carboxylic acids is 1. The highest BCUT2D eigenvalue weighted by Gasteiger charge is 2.44. The Bertz CT molecular complexity index is 758. The molecule has 1 heterocycles. The molecule has 2 aromatic carbocycles. The highest BCUT2D eigenvalue weighted by Crippen LogP contribution is 2.33. The molecule has 24 heavy (non-hydrogen) atoms. The van der Waals surface area contributed by atoms with Crippen LogP contribution in [0.5, 0.6) is 11.5 Å². The fourth-order valence-electron chi connectivity index (χ4n) is 2.73. The van der Waals surface area contributed by atoms with Crippen molar-refractivity contribution in [2.45, 2.75) is 5.54 Å². The van der Waals surface area contributed by atoms with Crippen LogP contribution in [0.1, 0.15) is 15.9 Å². The van der Waals surface area contributed by atoms with Crippen LogP contribution < -0.4 is 14.8 Å². The lowest BCUT2D eigenvalue weighted by Gasteiger charge is -2.42. The molecule has 1 saturated heterocycles. The minimum Gasteiger partial charge on any atom is -0.497 e. The van der Waals surface area contributed by atoms with Gasteiger partial charge >= 0.3 is 0 Å². The quantitative estimate of drug-likeness (QED) is 0.915. The number of rotatable bonds is 5. The Balaban J connectivity index is 1.92. The fourth-order valence-corrected chi connectivity index (χ4v) is 2.73. The lowest BCUT2D eigenvalue weighted by Crippen LogP contribution is -2.59. The Morgan fingerprint density at radius 3 is 2.50 bits per heavy atom. The average molecular weight is 331 g/mol. The summed E-state index contributed by atoms with van der Waals surface area (Å²) in [5, 5.41) is 2.89. The number of halogens is 1. The zero-order chi connectivity index (χ0) is 17.2. The summed E-state index contributed by atoms with van der Waals surface area (Å²) in [4.78, 5) is 12.8. The van der Waals surface area contributed by atoms with Crippen LogP contribution in [0.25, 0.3) is 0 Å². The van der Waals surface area contributed by atoms with Crippen LogP contribution in [0.2, 0.25) is 0 Å². The Kier molecular flexibility index (Phi) is 4.40. The minimum atomic E-state index is -0.878. The highest BCUT2D eigenvalue weighted by molar-refractivity contribution is 5.98. The first kappa shape index (κ1) is 16.3. The standard InChI is InChI=1S/C18H18FNO4/c1-22-12-7-8-16(23-2)13(9-12)17(21)20-18(10-24-11-18)14-5-3-4-6-15(14)19/h3-9H,10-11H2,1-2H3,(H,20,21). The number of hydrogen-bond acceptors (Lipinski definition) is 4. The van der Waals surface area contributed by atoms with Gasteiger partial charge in [0.1, 0.15) is 22.9 Å². The number of ether oxygens (including phenoxy) is 3. The molecule has 0 bridgehead atoms. The van der Waals surface area contributed by atoms with Crippen LogP contribution in [0.15, 0.2) is 42.5 Å². The first-order valence-corrected chi connectivity index (χ1v) is 7.47. The molecule has 0 unspecified atom stereocenters. The predicted octanol–water partition coefficient (Wildman–Crippen LogP) is 2.50. The van der Waals surface area contributed by atoms with Crippen LogP contribution in [-0.4, -0.2) is 33.3 Å². The number of carbonyl (C=O) groups is 1. The lowest BCUT2D eigenvalue weighted by molar-refractivity contribution is -0.0749. The monoisotopic (exact) mass is 331 g/mol. The minimum absolute atomic E-state index is 0.214. The molecule has 6 heteroatoms. The second-order valence-corrected chi connectivity index (χ2v) is 5.58. The molecule has 3 rings (SSSR count). The number of benzene rings is 2. The first-order chi connectivity index (χ1) is 11.6. The van der Waals surface area contributed by atoms with Crippen molar-refractivity contribution in [1.82, 2.24) is 5.32 Å². The molecular weight excluding hydrogens is 313 g/mol. The topological polar surface area (TPSA) is 56.8 Å². The van der Waals surface area contributed by atoms with Crippen molar-refractivity contribution in [2.24, 2.45) is 0 Å². The van der Waals surface area contributed by atoms with E-state index in [1.807, 2.05) is 0 Å². The third-order valence-electron chi connectivity index (χ3n) is 4.09. The fraction of sp³-hybridized carbons (Fsp3) is 0.278. The third-order valence-corrected chi connectivity index (χ3v) is 4.09. The van der Waals surface area contributed by atoms with Crippen LogP contribution in [0, 0.1) is 5.82 Å². The number of amides is 1. The molecule has 2 aromatic rings. The molecule has 1 N–H and O–H groups in total. The summed E-state index contributed by atoms with van der Waals surface area (Å²) in [6.07, 6.45) is 0. The normalized spacial score (nSPS) is 15.3. The van der Waals surface area contributed by atoms with Crippen molar-refractivity contribution in [3.8, 4) is 11.5 Å². The summed E-state index contributed by atoms with van der Waals surface area (Å²) in [5.41, 5.74) is -0.151. The van der Waals surface area contributed by atoms with Gasteiger partial charge in [-0.05, 0) is 24.3 Å². The summed E-state index contributed by atoms with van der Waals surface area (Å²) in [5.74, 6) is 0.194. The molecule has 1 amide bonds.